The Morgan fingerprint density at radius 2 is 2.07 bits per heavy atom. The lowest BCUT2D eigenvalue weighted by atomic mass is 9.92. The van der Waals surface area contributed by atoms with Gasteiger partial charge in [-0.05, 0) is 32.4 Å². The molecule has 14 heavy (non-hydrogen) atoms. The van der Waals surface area contributed by atoms with E-state index in [1.807, 2.05) is 0 Å². The molecule has 0 saturated carbocycles. The summed E-state index contributed by atoms with van der Waals surface area (Å²) in [6.07, 6.45) is 2.34. The van der Waals surface area contributed by atoms with Gasteiger partial charge in [0.2, 0.25) is 0 Å². The molecular formula is C10H20N2O2. The Kier molecular flexibility index (Phi) is 3.07. The van der Waals surface area contributed by atoms with E-state index in [0.717, 1.165) is 52.0 Å². The number of likely N-dealkylation sites (tertiary alicyclic amines) is 1. The monoisotopic (exact) mass is 200 g/mol. The fourth-order valence-electron chi connectivity index (χ4n) is 2.42. The Morgan fingerprint density at radius 1 is 1.36 bits per heavy atom. The highest BCUT2D eigenvalue weighted by Crippen LogP contribution is 2.21. The molecule has 0 aromatic rings. The Hall–Kier alpha value is -0.160. The Morgan fingerprint density at radius 3 is 2.64 bits per heavy atom. The van der Waals surface area contributed by atoms with Crippen molar-refractivity contribution in [2.24, 2.45) is 0 Å². The van der Waals surface area contributed by atoms with Gasteiger partial charge < -0.3 is 15.5 Å². The zero-order valence-corrected chi connectivity index (χ0v) is 8.58. The van der Waals surface area contributed by atoms with Crippen molar-refractivity contribution < 1.29 is 10.2 Å². The molecule has 0 aromatic carbocycles. The van der Waals surface area contributed by atoms with Crippen molar-refractivity contribution in [3.63, 3.8) is 0 Å². The first-order chi connectivity index (χ1) is 6.68. The lowest BCUT2D eigenvalue weighted by molar-refractivity contribution is -0.0178. The molecule has 0 aliphatic carbocycles. The Labute approximate surface area is 84.9 Å². The second kappa shape index (κ2) is 4.14. The first-order valence-corrected chi connectivity index (χ1v) is 5.51. The molecule has 0 spiro atoms. The summed E-state index contributed by atoms with van der Waals surface area (Å²) in [5.74, 6) is 0. The molecule has 2 aliphatic heterocycles. The van der Waals surface area contributed by atoms with Gasteiger partial charge in [0.1, 0.15) is 0 Å². The molecule has 2 fully saturated rings. The highest BCUT2D eigenvalue weighted by atomic mass is 16.3. The maximum absolute atomic E-state index is 10.3. The summed E-state index contributed by atoms with van der Waals surface area (Å²) >= 11 is 0. The Bertz CT molecular complexity index is 193. The highest BCUT2D eigenvalue weighted by molar-refractivity contribution is 4.89. The third-order valence-corrected chi connectivity index (χ3v) is 3.30. The SMILES string of the molecule is O[C@@H]1CCN(CC2(O)CCNCC2)C1. The van der Waals surface area contributed by atoms with Crippen LogP contribution in [0.5, 0.6) is 0 Å². The second-order valence-corrected chi connectivity index (χ2v) is 4.65. The van der Waals surface area contributed by atoms with Crippen molar-refractivity contribution >= 4 is 0 Å². The average Bonchev–Trinajstić information content (AvgIpc) is 2.51. The van der Waals surface area contributed by atoms with Gasteiger partial charge in [0, 0.05) is 19.6 Å². The number of rotatable bonds is 2. The minimum Gasteiger partial charge on any atom is -0.392 e. The molecule has 2 rings (SSSR count). The Balaban J connectivity index is 1.83. The molecule has 0 amide bonds. The van der Waals surface area contributed by atoms with E-state index in [1.165, 1.54) is 0 Å². The van der Waals surface area contributed by atoms with E-state index >= 15 is 0 Å². The van der Waals surface area contributed by atoms with Crippen LogP contribution in [0, 0.1) is 0 Å². The van der Waals surface area contributed by atoms with Crippen LogP contribution in [0.4, 0.5) is 0 Å². The molecule has 3 N–H and O–H groups in total. The maximum atomic E-state index is 10.3. The summed E-state index contributed by atoms with van der Waals surface area (Å²) in [4.78, 5) is 2.18. The normalized spacial score (nSPS) is 33.4. The van der Waals surface area contributed by atoms with E-state index in [4.69, 9.17) is 0 Å². The third-order valence-electron chi connectivity index (χ3n) is 3.30. The topological polar surface area (TPSA) is 55.7 Å². The molecule has 4 nitrogen and oxygen atoms in total. The van der Waals surface area contributed by atoms with Crippen LogP contribution in [0.2, 0.25) is 0 Å². The minimum atomic E-state index is -0.519. The van der Waals surface area contributed by atoms with Gasteiger partial charge in [-0.3, -0.25) is 4.90 Å². The number of aliphatic hydroxyl groups excluding tert-OH is 1. The number of aliphatic hydroxyl groups is 2. The lowest BCUT2D eigenvalue weighted by Crippen LogP contribution is -2.49. The van der Waals surface area contributed by atoms with Crippen molar-refractivity contribution in [2.45, 2.75) is 31.0 Å². The molecule has 0 aromatic heterocycles. The van der Waals surface area contributed by atoms with E-state index in [2.05, 4.69) is 10.2 Å². The fourth-order valence-corrected chi connectivity index (χ4v) is 2.42. The molecule has 0 radical (unpaired) electrons. The van der Waals surface area contributed by atoms with Gasteiger partial charge in [0.15, 0.2) is 0 Å². The first kappa shape index (κ1) is 10.4. The van der Waals surface area contributed by atoms with Crippen LogP contribution in [0.1, 0.15) is 19.3 Å². The average molecular weight is 200 g/mol. The van der Waals surface area contributed by atoms with Crippen molar-refractivity contribution in [3.05, 3.63) is 0 Å². The molecule has 2 aliphatic rings. The van der Waals surface area contributed by atoms with Crippen molar-refractivity contribution in [1.29, 1.82) is 0 Å². The minimum absolute atomic E-state index is 0.180. The summed E-state index contributed by atoms with van der Waals surface area (Å²) in [6.45, 7) is 4.21. The summed E-state index contributed by atoms with van der Waals surface area (Å²) in [6, 6.07) is 0. The van der Waals surface area contributed by atoms with Crippen molar-refractivity contribution in [1.82, 2.24) is 10.2 Å². The second-order valence-electron chi connectivity index (χ2n) is 4.65. The summed E-state index contributed by atoms with van der Waals surface area (Å²) < 4.78 is 0. The fraction of sp³-hybridized carbons (Fsp3) is 1.00. The number of hydrogen-bond donors (Lipinski definition) is 3. The number of nitrogens with zero attached hydrogens (tertiary/aromatic N) is 1. The zero-order valence-electron chi connectivity index (χ0n) is 8.58. The van der Waals surface area contributed by atoms with E-state index in [-0.39, 0.29) is 6.10 Å². The van der Waals surface area contributed by atoms with E-state index < -0.39 is 5.60 Å². The summed E-state index contributed by atoms with van der Waals surface area (Å²) in [5.41, 5.74) is -0.519. The van der Waals surface area contributed by atoms with Gasteiger partial charge >= 0.3 is 0 Å². The molecule has 1 atom stereocenters. The van der Waals surface area contributed by atoms with Crippen molar-refractivity contribution in [2.75, 3.05) is 32.7 Å². The molecule has 2 saturated heterocycles. The van der Waals surface area contributed by atoms with Gasteiger partial charge in [-0.2, -0.15) is 0 Å². The summed E-state index contributed by atoms with van der Waals surface area (Å²) in [7, 11) is 0. The number of β-amino-alcohol motifs (C(OH)–C–C–N with tert-alkyl or cyclic N) is 2. The number of piperidine rings is 1. The number of hydrogen-bond acceptors (Lipinski definition) is 4. The molecule has 0 unspecified atom stereocenters. The lowest BCUT2D eigenvalue weighted by Gasteiger charge is -2.35. The summed E-state index contributed by atoms with van der Waals surface area (Å²) in [5, 5.41) is 22.9. The van der Waals surface area contributed by atoms with Crippen LogP contribution in [0.15, 0.2) is 0 Å². The molecule has 4 heteroatoms. The maximum Gasteiger partial charge on any atom is 0.0798 e. The van der Waals surface area contributed by atoms with Crippen LogP contribution in [0.3, 0.4) is 0 Å². The predicted molar refractivity (Wildman–Crippen MR) is 54.1 cm³/mol. The van der Waals surface area contributed by atoms with Crippen molar-refractivity contribution in [3.8, 4) is 0 Å². The van der Waals surface area contributed by atoms with Gasteiger partial charge in [-0.25, -0.2) is 0 Å². The van der Waals surface area contributed by atoms with Crippen LogP contribution in [0.25, 0.3) is 0 Å². The molecule has 82 valence electrons. The largest absolute Gasteiger partial charge is 0.392 e. The van der Waals surface area contributed by atoms with Crippen LogP contribution in [-0.4, -0.2) is 59.5 Å². The van der Waals surface area contributed by atoms with Gasteiger partial charge in [0.25, 0.3) is 0 Å². The molecule has 2 heterocycles. The van der Waals surface area contributed by atoms with E-state index in [9.17, 15) is 10.2 Å². The molecule has 0 bridgehead atoms. The quantitative estimate of drug-likeness (QED) is 0.544. The zero-order chi connectivity index (χ0) is 10.0. The number of nitrogens with one attached hydrogen (secondary N) is 1. The standard InChI is InChI=1S/C10H20N2O2/c13-9-1-6-12(7-9)8-10(14)2-4-11-5-3-10/h9,11,13-14H,1-8H2/t9-/m1/s1. The van der Waals surface area contributed by atoms with Gasteiger partial charge in [-0.1, -0.05) is 0 Å². The van der Waals surface area contributed by atoms with E-state index in [0.29, 0.717) is 0 Å². The highest BCUT2D eigenvalue weighted by Gasteiger charge is 2.33. The van der Waals surface area contributed by atoms with Crippen LogP contribution >= 0.6 is 0 Å². The molecular weight excluding hydrogens is 180 g/mol. The van der Waals surface area contributed by atoms with Crippen LogP contribution < -0.4 is 5.32 Å². The first-order valence-electron chi connectivity index (χ1n) is 5.51. The van der Waals surface area contributed by atoms with Gasteiger partial charge in [0.05, 0.1) is 11.7 Å². The smallest absolute Gasteiger partial charge is 0.0798 e. The predicted octanol–water partition coefficient (Wildman–Crippen LogP) is -0.832. The van der Waals surface area contributed by atoms with E-state index in [1.54, 1.807) is 0 Å². The van der Waals surface area contributed by atoms with Gasteiger partial charge in [-0.15, -0.1) is 0 Å². The third kappa shape index (κ3) is 2.45. The van der Waals surface area contributed by atoms with Crippen LogP contribution in [-0.2, 0) is 0 Å².